The van der Waals surface area contributed by atoms with Gasteiger partial charge in [0, 0.05) is 15.7 Å². The normalized spacial score (nSPS) is 19.8. The maximum absolute atomic E-state index is 13.5. The first kappa shape index (κ1) is 20.5. The van der Waals surface area contributed by atoms with Crippen molar-refractivity contribution in [2.45, 2.75) is 19.0 Å². The van der Waals surface area contributed by atoms with Crippen LogP contribution in [0.2, 0.25) is 0 Å². The number of β-lactam (4-membered cyclic amide) rings is 1. The van der Waals surface area contributed by atoms with E-state index in [1.807, 2.05) is 43.3 Å². The van der Waals surface area contributed by atoms with E-state index in [0.29, 0.717) is 28.1 Å². The molecule has 6 nitrogen and oxygen atoms in total. The zero-order valence-corrected chi connectivity index (χ0v) is 19.0. The van der Waals surface area contributed by atoms with Gasteiger partial charge in [0.25, 0.3) is 17.7 Å². The SMILES string of the molecule is COc1ccc(Br)cc1C1C(N2C(=O)c3ccccc3C2=O)C(=O)N1c1ccc(C)cc1. The monoisotopic (exact) mass is 490 g/mol. The second-order valence-corrected chi connectivity index (χ2v) is 8.76. The fraction of sp³-hybridized carbons (Fsp3) is 0.160. The van der Waals surface area contributed by atoms with Gasteiger partial charge in [-0.3, -0.25) is 19.3 Å². The lowest BCUT2D eigenvalue weighted by molar-refractivity contribution is -0.130. The van der Waals surface area contributed by atoms with E-state index < -0.39 is 23.9 Å². The number of carbonyl (C=O) groups excluding carboxylic acids is 3. The van der Waals surface area contributed by atoms with Gasteiger partial charge in [-0.1, -0.05) is 45.8 Å². The van der Waals surface area contributed by atoms with E-state index >= 15 is 0 Å². The van der Waals surface area contributed by atoms with Crippen molar-refractivity contribution >= 4 is 39.3 Å². The molecule has 0 saturated carbocycles. The highest BCUT2D eigenvalue weighted by molar-refractivity contribution is 9.10. The molecule has 32 heavy (non-hydrogen) atoms. The molecule has 0 aliphatic carbocycles. The van der Waals surface area contributed by atoms with Gasteiger partial charge in [-0.25, -0.2) is 0 Å². The molecule has 7 heteroatoms. The summed E-state index contributed by atoms with van der Waals surface area (Å²) in [6.07, 6.45) is 0. The predicted molar refractivity (Wildman–Crippen MR) is 123 cm³/mol. The lowest BCUT2D eigenvalue weighted by Gasteiger charge is -2.50. The number of imide groups is 1. The number of ether oxygens (including phenoxy) is 1. The summed E-state index contributed by atoms with van der Waals surface area (Å²) < 4.78 is 6.38. The lowest BCUT2D eigenvalue weighted by Crippen LogP contribution is -2.67. The standard InChI is InChI=1S/C25H19BrN2O4/c1-14-7-10-16(11-8-14)27-21(19-13-15(26)9-12-20(19)32-2)22(25(27)31)28-23(29)17-5-3-4-6-18(17)24(28)30/h3-13,21-22H,1-2H3. The second-order valence-electron chi connectivity index (χ2n) is 7.85. The first-order chi connectivity index (χ1) is 15.4. The molecule has 0 aromatic heterocycles. The highest BCUT2D eigenvalue weighted by atomic mass is 79.9. The maximum atomic E-state index is 13.5. The number of aryl methyl sites for hydroxylation is 1. The van der Waals surface area contributed by atoms with Crippen LogP contribution in [0.15, 0.2) is 71.2 Å². The number of carbonyl (C=O) groups is 3. The number of methoxy groups -OCH3 is 1. The van der Waals surface area contributed by atoms with E-state index in [1.54, 1.807) is 42.3 Å². The average Bonchev–Trinajstić information content (AvgIpc) is 3.04. The van der Waals surface area contributed by atoms with Crippen molar-refractivity contribution in [3.05, 3.63) is 93.5 Å². The molecule has 1 saturated heterocycles. The van der Waals surface area contributed by atoms with Crippen molar-refractivity contribution in [1.29, 1.82) is 0 Å². The van der Waals surface area contributed by atoms with Gasteiger partial charge in [-0.05, 0) is 49.4 Å². The van der Waals surface area contributed by atoms with Crippen LogP contribution < -0.4 is 9.64 Å². The summed E-state index contributed by atoms with van der Waals surface area (Å²) in [4.78, 5) is 42.5. The molecule has 0 spiro atoms. The number of nitrogens with zero attached hydrogens (tertiary/aromatic N) is 2. The third-order valence-electron chi connectivity index (χ3n) is 5.99. The number of fused-ring (bicyclic) bond motifs is 1. The number of rotatable bonds is 4. The summed E-state index contributed by atoms with van der Waals surface area (Å²) in [6.45, 7) is 1.97. The Morgan fingerprint density at radius 1 is 0.812 bits per heavy atom. The Morgan fingerprint density at radius 2 is 1.44 bits per heavy atom. The largest absolute Gasteiger partial charge is 0.496 e. The molecule has 2 heterocycles. The molecule has 0 radical (unpaired) electrons. The molecule has 0 bridgehead atoms. The van der Waals surface area contributed by atoms with Crippen LogP contribution in [-0.2, 0) is 4.79 Å². The van der Waals surface area contributed by atoms with Gasteiger partial charge in [-0.15, -0.1) is 0 Å². The van der Waals surface area contributed by atoms with Crippen LogP contribution >= 0.6 is 15.9 Å². The fourth-order valence-corrected chi connectivity index (χ4v) is 4.80. The van der Waals surface area contributed by atoms with Crippen LogP contribution in [0.1, 0.15) is 37.9 Å². The highest BCUT2D eigenvalue weighted by Crippen LogP contribution is 2.47. The molecule has 3 aromatic carbocycles. The number of hydrogen-bond acceptors (Lipinski definition) is 4. The number of hydrogen-bond donors (Lipinski definition) is 0. The van der Waals surface area contributed by atoms with Crippen LogP contribution in [0, 0.1) is 6.92 Å². The third kappa shape index (κ3) is 2.96. The molecule has 160 valence electrons. The molecule has 3 amide bonds. The minimum Gasteiger partial charge on any atom is -0.496 e. The molecule has 5 rings (SSSR count). The van der Waals surface area contributed by atoms with E-state index in [0.717, 1.165) is 14.9 Å². The van der Waals surface area contributed by atoms with Gasteiger partial charge < -0.3 is 9.64 Å². The lowest BCUT2D eigenvalue weighted by atomic mass is 9.85. The third-order valence-corrected chi connectivity index (χ3v) is 6.49. The molecule has 2 atom stereocenters. The maximum Gasteiger partial charge on any atom is 0.262 e. The van der Waals surface area contributed by atoms with Crippen LogP contribution in [0.5, 0.6) is 5.75 Å². The van der Waals surface area contributed by atoms with Gasteiger partial charge in [0.2, 0.25) is 0 Å². The number of halogens is 1. The Labute approximate surface area is 193 Å². The topological polar surface area (TPSA) is 66.9 Å². The Balaban J connectivity index is 1.64. The Morgan fingerprint density at radius 3 is 2.03 bits per heavy atom. The molecule has 2 unspecified atom stereocenters. The number of benzene rings is 3. The van der Waals surface area contributed by atoms with Crippen molar-refractivity contribution in [3.8, 4) is 5.75 Å². The van der Waals surface area contributed by atoms with E-state index in [1.165, 1.54) is 0 Å². The molecule has 1 fully saturated rings. The molecule has 0 N–H and O–H groups in total. The minimum atomic E-state index is -0.966. The summed E-state index contributed by atoms with van der Waals surface area (Å²) in [5.74, 6) is -0.641. The van der Waals surface area contributed by atoms with Crippen molar-refractivity contribution in [2.24, 2.45) is 0 Å². The van der Waals surface area contributed by atoms with Gasteiger partial charge in [0.05, 0.1) is 24.3 Å². The predicted octanol–water partition coefficient (Wildman–Crippen LogP) is 4.52. The molecule has 2 aliphatic rings. The van der Waals surface area contributed by atoms with Gasteiger partial charge in [0.15, 0.2) is 0 Å². The van der Waals surface area contributed by atoms with Crippen molar-refractivity contribution in [2.75, 3.05) is 12.0 Å². The molecule has 3 aromatic rings. The molecule has 2 aliphatic heterocycles. The number of anilines is 1. The van der Waals surface area contributed by atoms with E-state index in [4.69, 9.17) is 4.74 Å². The van der Waals surface area contributed by atoms with Crippen LogP contribution in [0.3, 0.4) is 0 Å². The van der Waals surface area contributed by atoms with Crippen LogP contribution in [-0.4, -0.2) is 35.8 Å². The quantitative estimate of drug-likeness (QED) is 0.398. The van der Waals surface area contributed by atoms with Crippen molar-refractivity contribution in [1.82, 2.24) is 4.90 Å². The van der Waals surface area contributed by atoms with Gasteiger partial charge >= 0.3 is 0 Å². The van der Waals surface area contributed by atoms with Crippen LogP contribution in [0.4, 0.5) is 5.69 Å². The molecular formula is C25H19BrN2O4. The number of amides is 3. The van der Waals surface area contributed by atoms with E-state index in [9.17, 15) is 14.4 Å². The van der Waals surface area contributed by atoms with E-state index in [2.05, 4.69) is 15.9 Å². The Hall–Kier alpha value is -3.45. The summed E-state index contributed by atoms with van der Waals surface area (Å²) in [6, 6.07) is 18.2. The summed E-state index contributed by atoms with van der Waals surface area (Å²) >= 11 is 3.49. The van der Waals surface area contributed by atoms with Crippen molar-refractivity contribution in [3.63, 3.8) is 0 Å². The fourth-order valence-electron chi connectivity index (χ4n) is 4.42. The summed E-state index contributed by atoms with van der Waals surface area (Å²) in [7, 11) is 1.56. The smallest absolute Gasteiger partial charge is 0.262 e. The summed E-state index contributed by atoms with van der Waals surface area (Å²) in [5, 5.41) is 0. The second kappa shape index (κ2) is 7.60. The van der Waals surface area contributed by atoms with Gasteiger partial charge in [0.1, 0.15) is 11.8 Å². The van der Waals surface area contributed by atoms with Gasteiger partial charge in [-0.2, -0.15) is 0 Å². The Bertz CT molecular complexity index is 1240. The van der Waals surface area contributed by atoms with Crippen LogP contribution in [0.25, 0.3) is 0 Å². The van der Waals surface area contributed by atoms with Crippen molar-refractivity contribution < 1.29 is 19.1 Å². The average molecular weight is 491 g/mol. The Kier molecular flexibility index (Phi) is 4.86. The zero-order valence-electron chi connectivity index (χ0n) is 17.4. The first-order valence-corrected chi connectivity index (χ1v) is 10.9. The highest BCUT2D eigenvalue weighted by Gasteiger charge is 2.58. The van der Waals surface area contributed by atoms with E-state index in [-0.39, 0.29) is 5.91 Å². The zero-order chi connectivity index (χ0) is 22.6. The minimum absolute atomic E-state index is 0.310. The summed E-state index contributed by atoms with van der Waals surface area (Å²) in [5.41, 5.74) is 3.11. The molecular weight excluding hydrogens is 472 g/mol. The first-order valence-electron chi connectivity index (χ1n) is 10.1.